The summed E-state index contributed by atoms with van der Waals surface area (Å²) >= 11 is 0. The summed E-state index contributed by atoms with van der Waals surface area (Å²) in [6.07, 6.45) is 6.23. The quantitative estimate of drug-likeness (QED) is 0.827. The minimum Gasteiger partial charge on any atom is -0.354 e. The molecule has 0 radical (unpaired) electrons. The Balaban J connectivity index is 1.25. The maximum Gasteiger partial charge on any atom is 0.230 e. The van der Waals surface area contributed by atoms with Crippen molar-refractivity contribution in [3.63, 3.8) is 0 Å². The van der Waals surface area contributed by atoms with E-state index < -0.39 is 5.41 Å². The first-order chi connectivity index (χ1) is 13.7. The number of hydrogen-bond acceptors (Lipinski definition) is 5. The van der Waals surface area contributed by atoms with E-state index in [0.717, 1.165) is 63.5 Å². The molecule has 148 valence electrons. The molecule has 2 heterocycles. The molecule has 0 atom stereocenters. The minimum atomic E-state index is -0.475. The summed E-state index contributed by atoms with van der Waals surface area (Å²) in [5.41, 5.74) is 0.450. The Labute approximate surface area is 164 Å². The van der Waals surface area contributed by atoms with Crippen molar-refractivity contribution in [3.8, 4) is 0 Å². The SMILES string of the molecule is O=C(NCCN1CCN(c2ncccn2)CC1)C1(c2ccc(F)cc2)CCC1. The van der Waals surface area contributed by atoms with Crippen LogP contribution in [0.1, 0.15) is 24.8 Å². The molecular weight excluding hydrogens is 357 g/mol. The van der Waals surface area contributed by atoms with Gasteiger partial charge in [-0.25, -0.2) is 14.4 Å². The van der Waals surface area contributed by atoms with Crippen LogP contribution in [0.5, 0.6) is 0 Å². The van der Waals surface area contributed by atoms with Crippen LogP contribution in [0.2, 0.25) is 0 Å². The number of nitrogens with zero attached hydrogens (tertiary/aromatic N) is 4. The van der Waals surface area contributed by atoms with Gasteiger partial charge in [-0.1, -0.05) is 18.6 Å². The van der Waals surface area contributed by atoms with Gasteiger partial charge in [-0.2, -0.15) is 0 Å². The van der Waals surface area contributed by atoms with Crippen LogP contribution in [-0.4, -0.2) is 60.0 Å². The highest BCUT2D eigenvalue weighted by Gasteiger charge is 2.45. The third kappa shape index (κ3) is 3.85. The van der Waals surface area contributed by atoms with Gasteiger partial charge in [0.15, 0.2) is 0 Å². The number of nitrogens with one attached hydrogen (secondary N) is 1. The number of amides is 1. The fraction of sp³-hybridized carbons (Fsp3) is 0.476. The van der Waals surface area contributed by atoms with Crippen molar-refractivity contribution >= 4 is 11.9 Å². The molecule has 4 rings (SSSR count). The maximum atomic E-state index is 13.2. The molecule has 1 N–H and O–H groups in total. The second-order valence-corrected chi connectivity index (χ2v) is 7.58. The summed E-state index contributed by atoms with van der Waals surface area (Å²) in [5.74, 6) is 0.585. The van der Waals surface area contributed by atoms with Gasteiger partial charge < -0.3 is 10.2 Å². The normalized spacial score (nSPS) is 19.1. The molecule has 1 saturated carbocycles. The summed E-state index contributed by atoms with van der Waals surface area (Å²) in [5, 5.41) is 3.12. The van der Waals surface area contributed by atoms with Crippen LogP contribution in [0.3, 0.4) is 0 Å². The third-order valence-electron chi connectivity index (χ3n) is 5.96. The van der Waals surface area contributed by atoms with Crippen molar-refractivity contribution in [1.29, 1.82) is 0 Å². The largest absolute Gasteiger partial charge is 0.354 e. The molecule has 6 nitrogen and oxygen atoms in total. The molecule has 0 unspecified atom stereocenters. The lowest BCUT2D eigenvalue weighted by atomic mass is 9.64. The Morgan fingerprint density at radius 3 is 2.36 bits per heavy atom. The predicted molar refractivity (Wildman–Crippen MR) is 106 cm³/mol. The molecule has 1 aromatic carbocycles. The van der Waals surface area contributed by atoms with Gasteiger partial charge in [-0.15, -0.1) is 0 Å². The molecule has 2 aromatic rings. The molecule has 0 spiro atoms. The van der Waals surface area contributed by atoms with Gasteiger partial charge in [0.1, 0.15) is 5.82 Å². The summed E-state index contributed by atoms with van der Waals surface area (Å²) < 4.78 is 13.2. The highest BCUT2D eigenvalue weighted by Crippen LogP contribution is 2.43. The zero-order valence-corrected chi connectivity index (χ0v) is 16.0. The van der Waals surface area contributed by atoms with Gasteiger partial charge in [0.2, 0.25) is 11.9 Å². The molecule has 1 aromatic heterocycles. The number of carbonyl (C=O) groups excluding carboxylic acids is 1. The predicted octanol–water partition coefficient (Wildman–Crippen LogP) is 1.98. The Morgan fingerprint density at radius 1 is 1.07 bits per heavy atom. The number of halogens is 1. The van der Waals surface area contributed by atoms with E-state index in [1.165, 1.54) is 12.1 Å². The van der Waals surface area contributed by atoms with Gasteiger partial charge in [0.25, 0.3) is 0 Å². The average Bonchev–Trinajstić information content (AvgIpc) is 2.70. The Kier molecular flexibility index (Phi) is 5.52. The second kappa shape index (κ2) is 8.22. The second-order valence-electron chi connectivity index (χ2n) is 7.58. The van der Waals surface area contributed by atoms with Crippen molar-refractivity contribution in [1.82, 2.24) is 20.2 Å². The first kappa shape index (κ1) is 18.8. The van der Waals surface area contributed by atoms with Crippen LogP contribution in [0.4, 0.5) is 10.3 Å². The first-order valence-electron chi connectivity index (χ1n) is 9.96. The molecule has 1 aliphatic heterocycles. The number of benzene rings is 1. The molecule has 2 fully saturated rings. The van der Waals surface area contributed by atoms with Gasteiger partial charge in [-0.05, 0) is 36.6 Å². The van der Waals surface area contributed by atoms with E-state index in [-0.39, 0.29) is 11.7 Å². The van der Waals surface area contributed by atoms with Crippen LogP contribution in [0, 0.1) is 5.82 Å². The Morgan fingerprint density at radius 2 is 1.75 bits per heavy atom. The van der Waals surface area contributed by atoms with Crippen LogP contribution in [0.15, 0.2) is 42.7 Å². The van der Waals surface area contributed by atoms with Crippen LogP contribution < -0.4 is 10.2 Å². The summed E-state index contributed by atoms with van der Waals surface area (Å²) in [4.78, 5) is 26.0. The first-order valence-corrected chi connectivity index (χ1v) is 9.96. The van der Waals surface area contributed by atoms with Crippen molar-refractivity contribution in [3.05, 3.63) is 54.1 Å². The third-order valence-corrected chi connectivity index (χ3v) is 5.96. The fourth-order valence-corrected chi connectivity index (χ4v) is 4.07. The van der Waals surface area contributed by atoms with E-state index in [2.05, 4.69) is 25.1 Å². The topological polar surface area (TPSA) is 61.4 Å². The van der Waals surface area contributed by atoms with E-state index >= 15 is 0 Å². The lowest BCUT2D eigenvalue weighted by Crippen LogP contribution is -2.52. The van der Waals surface area contributed by atoms with E-state index in [1.54, 1.807) is 24.5 Å². The monoisotopic (exact) mass is 383 g/mol. The number of rotatable bonds is 6. The van der Waals surface area contributed by atoms with Gasteiger partial charge >= 0.3 is 0 Å². The van der Waals surface area contributed by atoms with E-state index in [1.807, 2.05) is 6.07 Å². The van der Waals surface area contributed by atoms with Crippen molar-refractivity contribution in [2.24, 2.45) is 0 Å². The number of anilines is 1. The fourth-order valence-electron chi connectivity index (χ4n) is 4.07. The molecule has 1 saturated heterocycles. The molecular formula is C21H26FN5O. The standard InChI is InChI=1S/C21H26FN5O/c22-18-5-3-17(4-6-18)21(7-1-8-21)19(28)23-11-12-26-13-15-27(16-14-26)20-24-9-2-10-25-20/h2-6,9-10H,1,7-8,11-16H2,(H,23,28). The van der Waals surface area contributed by atoms with Crippen LogP contribution in [-0.2, 0) is 10.2 Å². The zero-order chi connectivity index (χ0) is 19.4. The van der Waals surface area contributed by atoms with Crippen LogP contribution >= 0.6 is 0 Å². The molecule has 1 amide bonds. The number of hydrogen-bond donors (Lipinski definition) is 1. The minimum absolute atomic E-state index is 0.0710. The van der Waals surface area contributed by atoms with Crippen molar-refractivity contribution in [2.45, 2.75) is 24.7 Å². The number of carbonyl (C=O) groups is 1. The molecule has 2 aliphatic rings. The summed E-state index contributed by atoms with van der Waals surface area (Å²) in [6.45, 7) is 5.09. The highest BCUT2D eigenvalue weighted by molar-refractivity contribution is 5.89. The molecule has 0 bridgehead atoms. The molecule has 1 aliphatic carbocycles. The van der Waals surface area contributed by atoms with Crippen molar-refractivity contribution < 1.29 is 9.18 Å². The highest BCUT2D eigenvalue weighted by atomic mass is 19.1. The van der Waals surface area contributed by atoms with E-state index in [9.17, 15) is 9.18 Å². The zero-order valence-electron chi connectivity index (χ0n) is 16.0. The smallest absolute Gasteiger partial charge is 0.230 e. The lowest BCUT2D eigenvalue weighted by molar-refractivity contribution is -0.130. The van der Waals surface area contributed by atoms with Crippen molar-refractivity contribution in [2.75, 3.05) is 44.2 Å². The van der Waals surface area contributed by atoms with Gasteiger partial charge in [0, 0.05) is 51.7 Å². The Bertz CT molecular complexity index is 786. The summed E-state index contributed by atoms with van der Waals surface area (Å²) in [7, 11) is 0. The number of aromatic nitrogens is 2. The van der Waals surface area contributed by atoms with E-state index in [4.69, 9.17) is 0 Å². The van der Waals surface area contributed by atoms with E-state index in [0.29, 0.717) is 6.54 Å². The average molecular weight is 383 g/mol. The maximum absolute atomic E-state index is 13.2. The lowest BCUT2D eigenvalue weighted by Gasteiger charge is -2.41. The van der Waals surface area contributed by atoms with Gasteiger partial charge in [-0.3, -0.25) is 9.69 Å². The molecule has 28 heavy (non-hydrogen) atoms. The molecule has 7 heteroatoms. The van der Waals surface area contributed by atoms with Gasteiger partial charge in [0.05, 0.1) is 5.41 Å². The summed E-state index contributed by atoms with van der Waals surface area (Å²) in [6, 6.07) is 8.21. The Hall–Kier alpha value is -2.54. The number of piperazine rings is 1. The van der Waals surface area contributed by atoms with Crippen LogP contribution in [0.25, 0.3) is 0 Å².